The molecule has 1 atom stereocenters. The summed E-state index contributed by atoms with van der Waals surface area (Å²) in [5.74, 6) is -0.538. The number of allylic oxidation sites excluding steroid dienone is 1. The molecule has 35 heavy (non-hydrogen) atoms. The van der Waals surface area contributed by atoms with E-state index in [4.69, 9.17) is 21.1 Å². The number of halogens is 1. The molecular formula is C25H29ClN4O5. The molecular weight excluding hydrogens is 472 g/mol. The molecule has 1 heterocycles. The molecule has 0 aromatic heterocycles. The summed E-state index contributed by atoms with van der Waals surface area (Å²) in [6.45, 7) is 4.50. The fraction of sp³-hybridized carbons (Fsp3) is 0.320. The highest BCUT2D eigenvalue weighted by atomic mass is 35.5. The van der Waals surface area contributed by atoms with E-state index in [2.05, 4.69) is 16.0 Å². The second kappa shape index (κ2) is 12.2. The zero-order valence-corrected chi connectivity index (χ0v) is 20.6. The van der Waals surface area contributed by atoms with Gasteiger partial charge in [-0.2, -0.15) is 0 Å². The smallest absolute Gasteiger partial charge is 0.338 e. The molecule has 186 valence electrons. The van der Waals surface area contributed by atoms with Crippen LogP contribution in [-0.2, 0) is 14.3 Å². The monoisotopic (exact) mass is 500 g/mol. The molecule has 0 unspecified atom stereocenters. The second-order valence-corrected chi connectivity index (χ2v) is 8.31. The molecule has 10 heteroatoms. The van der Waals surface area contributed by atoms with Crippen LogP contribution >= 0.6 is 11.6 Å². The maximum Gasteiger partial charge on any atom is 0.338 e. The minimum atomic E-state index is -0.744. The molecule has 3 N–H and O–H groups in total. The lowest BCUT2D eigenvalue weighted by atomic mass is 9.94. The summed E-state index contributed by atoms with van der Waals surface area (Å²) in [5, 5.41) is 8.96. The van der Waals surface area contributed by atoms with Gasteiger partial charge in [-0.3, -0.25) is 4.90 Å². The van der Waals surface area contributed by atoms with Gasteiger partial charge in [0.2, 0.25) is 0 Å². The van der Waals surface area contributed by atoms with Crippen molar-refractivity contribution < 1.29 is 23.9 Å². The van der Waals surface area contributed by atoms with E-state index in [0.717, 1.165) is 6.42 Å². The van der Waals surface area contributed by atoms with Gasteiger partial charge in [0.15, 0.2) is 0 Å². The summed E-state index contributed by atoms with van der Waals surface area (Å²) in [5.41, 5.74) is 2.55. The summed E-state index contributed by atoms with van der Waals surface area (Å²) in [6, 6.07) is 12.2. The number of rotatable bonds is 9. The highest BCUT2D eigenvalue weighted by molar-refractivity contribution is 6.30. The largest absolute Gasteiger partial charge is 0.460 e. The summed E-state index contributed by atoms with van der Waals surface area (Å²) in [4.78, 5) is 39.8. The van der Waals surface area contributed by atoms with Crippen LogP contribution in [-0.4, -0.2) is 49.8 Å². The molecule has 1 aliphatic rings. The topological polar surface area (TPSA) is 109 Å². The number of carbonyl (C=O) groups excluding carboxylic acids is 3. The molecule has 4 amide bonds. The highest BCUT2D eigenvalue weighted by Crippen LogP contribution is 2.32. The third-order valence-electron chi connectivity index (χ3n) is 5.36. The summed E-state index contributed by atoms with van der Waals surface area (Å²) >= 11 is 5.88. The first-order valence-corrected chi connectivity index (χ1v) is 11.6. The van der Waals surface area contributed by atoms with Gasteiger partial charge >= 0.3 is 18.0 Å². The molecule has 3 rings (SSSR count). The number of nitrogens with zero attached hydrogens (tertiary/aromatic N) is 1. The Kier molecular flexibility index (Phi) is 9.11. The predicted octanol–water partition coefficient (Wildman–Crippen LogP) is 4.92. The van der Waals surface area contributed by atoms with Crippen LogP contribution in [0.25, 0.3) is 0 Å². The first-order valence-electron chi connectivity index (χ1n) is 11.2. The number of esters is 1. The van der Waals surface area contributed by atoms with Gasteiger partial charge in [-0.1, -0.05) is 30.7 Å². The van der Waals surface area contributed by atoms with Crippen LogP contribution in [0.4, 0.5) is 21.0 Å². The van der Waals surface area contributed by atoms with Gasteiger partial charge in [0.1, 0.15) is 6.61 Å². The molecule has 2 aromatic rings. The number of methoxy groups -OCH3 is 1. The van der Waals surface area contributed by atoms with Gasteiger partial charge < -0.3 is 25.4 Å². The average molecular weight is 501 g/mol. The van der Waals surface area contributed by atoms with Crippen LogP contribution in [0, 0.1) is 0 Å². The highest BCUT2D eigenvalue weighted by Gasteiger charge is 2.36. The van der Waals surface area contributed by atoms with Gasteiger partial charge in [0.05, 0.1) is 18.2 Å². The Morgan fingerprint density at radius 2 is 1.80 bits per heavy atom. The van der Waals surface area contributed by atoms with Crippen LogP contribution in [0.2, 0.25) is 5.02 Å². The van der Waals surface area contributed by atoms with Crippen LogP contribution < -0.4 is 16.0 Å². The first-order chi connectivity index (χ1) is 16.8. The van der Waals surface area contributed by atoms with Gasteiger partial charge in [0.25, 0.3) is 0 Å². The molecule has 2 aromatic carbocycles. The molecule has 0 saturated carbocycles. The minimum absolute atomic E-state index is 0.0903. The number of hydrogen-bond donors (Lipinski definition) is 3. The summed E-state index contributed by atoms with van der Waals surface area (Å²) in [6.07, 6.45) is 0.726. The number of ether oxygens (including phenoxy) is 2. The number of carbonyl (C=O) groups is 3. The first kappa shape index (κ1) is 26.1. The Balaban J connectivity index is 1.84. The van der Waals surface area contributed by atoms with Gasteiger partial charge in [-0.05, 0) is 55.3 Å². The van der Waals surface area contributed by atoms with Gasteiger partial charge in [-0.25, -0.2) is 14.4 Å². The van der Waals surface area contributed by atoms with Crippen molar-refractivity contribution in [3.63, 3.8) is 0 Å². The lowest BCUT2D eigenvalue weighted by Gasteiger charge is -2.35. The normalized spacial score (nSPS) is 15.5. The lowest BCUT2D eigenvalue weighted by molar-refractivity contribution is -0.140. The van der Waals surface area contributed by atoms with Crippen molar-refractivity contribution in [2.24, 2.45) is 0 Å². The van der Waals surface area contributed by atoms with Crippen molar-refractivity contribution in [2.45, 2.75) is 26.3 Å². The molecule has 0 bridgehead atoms. The fourth-order valence-electron chi connectivity index (χ4n) is 3.71. The summed E-state index contributed by atoms with van der Waals surface area (Å²) < 4.78 is 10.4. The van der Waals surface area contributed by atoms with Crippen molar-refractivity contribution in [3.05, 3.63) is 70.4 Å². The number of benzene rings is 2. The number of nitrogens with one attached hydrogen (secondary N) is 3. The number of anilines is 2. The third-order valence-corrected chi connectivity index (χ3v) is 5.62. The number of hydrogen-bond acceptors (Lipinski definition) is 5. The van der Waals surface area contributed by atoms with E-state index in [1.807, 2.05) is 6.92 Å². The summed E-state index contributed by atoms with van der Waals surface area (Å²) in [7, 11) is 1.52. The zero-order chi connectivity index (χ0) is 25.4. The van der Waals surface area contributed by atoms with E-state index in [9.17, 15) is 14.4 Å². The van der Waals surface area contributed by atoms with E-state index in [-0.39, 0.29) is 19.2 Å². The van der Waals surface area contributed by atoms with Gasteiger partial charge in [0, 0.05) is 35.7 Å². The Morgan fingerprint density at radius 1 is 1.09 bits per heavy atom. The molecule has 0 aliphatic carbocycles. The van der Waals surface area contributed by atoms with Crippen LogP contribution in [0.1, 0.15) is 31.9 Å². The quantitative estimate of drug-likeness (QED) is 0.334. The maximum absolute atomic E-state index is 13.0. The van der Waals surface area contributed by atoms with E-state index < -0.39 is 18.0 Å². The van der Waals surface area contributed by atoms with Crippen LogP contribution in [0.15, 0.2) is 59.8 Å². The van der Waals surface area contributed by atoms with Crippen molar-refractivity contribution >= 4 is 41.0 Å². The molecule has 9 nitrogen and oxygen atoms in total. The van der Waals surface area contributed by atoms with E-state index in [0.29, 0.717) is 39.8 Å². The second-order valence-electron chi connectivity index (χ2n) is 7.87. The van der Waals surface area contributed by atoms with E-state index in [1.165, 1.54) is 12.0 Å². The Hall–Kier alpha value is -3.56. The Labute approximate surface area is 209 Å². The average Bonchev–Trinajstić information content (AvgIpc) is 2.83. The third kappa shape index (κ3) is 6.74. The maximum atomic E-state index is 13.0. The fourth-order valence-corrected chi connectivity index (χ4v) is 3.83. The predicted molar refractivity (Wildman–Crippen MR) is 134 cm³/mol. The molecule has 0 radical (unpaired) electrons. The minimum Gasteiger partial charge on any atom is -0.460 e. The Morgan fingerprint density at radius 3 is 2.49 bits per heavy atom. The van der Waals surface area contributed by atoms with Gasteiger partial charge in [-0.15, -0.1) is 0 Å². The lowest BCUT2D eigenvalue weighted by Crippen LogP contribution is -2.48. The van der Waals surface area contributed by atoms with Crippen molar-refractivity contribution in [3.8, 4) is 0 Å². The zero-order valence-electron chi connectivity index (χ0n) is 19.9. The van der Waals surface area contributed by atoms with E-state index >= 15 is 0 Å². The molecule has 1 aliphatic heterocycles. The molecule has 0 fully saturated rings. The SMILES string of the molecule is CCCN1C(=O)N[C@@H](c2cccc(NC(=O)Nc3ccc(Cl)cc3)c2)C(C(=O)OCCOC)=C1C. The number of urea groups is 2. The van der Waals surface area contributed by atoms with Crippen LogP contribution in [0.5, 0.6) is 0 Å². The standard InChI is InChI=1S/C25H29ClN4O5/c1-4-12-30-16(2)21(23(31)35-14-13-34-3)22(29-25(30)33)17-6-5-7-20(15-17)28-24(32)27-19-10-8-18(26)9-11-19/h5-11,15,22H,4,12-14H2,1-3H3,(H,29,33)(H2,27,28,32)/t22-/m0/s1. The van der Waals surface area contributed by atoms with Crippen molar-refractivity contribution in [1.82, 2.24) is 10.2 Å². The number of amides is 4. The van der Waals surface area contributed by atoms with Crippen LogP contribution in [0.3, 0.4) is 0 Å². The Bertz CT molecular complexity index is 1100. The molecule has 0 spiro atoms. The molecule has 0 saturated heterocycles. The van der Waals surface area contributed by atoms with Crippen molar-refractivity contribution in [1.29, 1.82) is 0 Å². The van der Waals surface area contributed by atoms with E-state index in [1.54, 1.807) is 55.5 Å². The van der Waals surface area contributed by atoms with Crippen molar-refractivity contribution in [2.75, 3.05) is 37.5 Å².